The molecule has 6 heteroatoms. The molecule has 3 heterocycles. The van der Waals surface area contributed by atoms with Gasteiger partial charge in [0.25, 0.3) is 0 Å². The zero-order chi connectivity index (χ0) is 13.8. The molecular formula is C14H19N5S. The van der Waals surface area contributed by atoms with Gasteiger partial charge in [-0.05, 0) is 38.8 Å². The molecule has 0 bridgehead atoms. The van der Waals surface area contributed by atoms with Gasteiger partial charge in [-0.2, -0.15) is 0 Å². The van der Waals surface area contributed by atoms with Gasteiger partial charge >= 0.3 is 0 Å². The van der Waals surface area contributed by atoms with Crippen LogP contribution in [-0.2, 0) is 6.42 Å². The number of nitrogens with zero attached hydrogens (tertiary/aromatic N) is 4. The zero-order valence-electron chi connectivity index (χ0n) is 11.6. The van der Waals surface area contributed by atoms with E-state index in [4.69, 9.17) is 0 Å². The maximum absolute atomic E-state index is 4.40. The Labute approximate surface area is 123 Å². The van der Waals surface area contributed by atoms with E-state index in [-0.39, 0.29) is 0 Å². The second-order valence-electron chi connectivity index (χ2n) is 5.33. The fraction of sp³-hybridized carbons (Fsp3) is 0.500. The SMILES string of the molecule is CN1CCC[C@H](Cc2cc(Nc3nccs3)ncn2)C1. The van der Waals surface area contributed by atoms with Crippen molar-refractivity contribution in [2.75, 3.05) is 25.5 Å². The number of aromatic nitrogens is 3. The summed E-state index contributed by atoms with van der Waals surface area (Å²) in [7, 11) is 2.20. The van der Waals surface area contributed by atoms with Crippen LogP contribution in [0.4, 0.5) is 10.9 Å². The Bertz CT molecular complexity index is 542. The van der Waals surface area contributed by atoms with Crippen molar-refractivity contribution >= 4 is 22.3 Å². The second kappa shape index (κ2) is 6.28. The molecule has 5 nitrogen and oxygen atoms in total. The lowest BCUT2D eigenvalue weighted by Crippen LogP contribution is -2.33. The fourth-order valence-corrected chi connectivity index (χ4v) is 3.24. The van der Waals surface area contributed by atoms with Crippen LogP contribution in [0.5, 0.6) is 0 Å². The minimum Gasteiger partial charge on any atom is -0.316 e. The number of piperidine rings is 1. The summed E-state index contributed by atoms with van der Waals surface area (Å²) >= 11 is 1.57. The van der Waals surface area contributed by atoms with Gasteiger partial charge in [-0.25, -0.2) is 15.0 Å². The van der Waals surface area contributed by atoms with Crippen LogP contribution >= 0.6 is 11.3 Å². The van der Waals surface area contributed by atoms with E-state index in [1.54, 1.807) is 23.9 Å². The van der Waals surface area contributed by atoms with Crippen molar-refractivity contribution in [1.29, 1.82) is 0 Å². The first kappa shape index (κ1) is 13.5. The molecule has 0 spiro atoms. The van der Waals surface area contributed by atoms with Crippen molar-refractivity contribution in [1.82, 2.24) is 19.9 Å². The predicted octanol–water partition coefficient (Wildman–Crippen LogP) is 2.56. The third kappa shape index (κ3) is 3.52. The van der Waals surface area contributed by atoms with Crippen LogP contribution in [0.15, 0.2) is 24.0 Å². The van der Waals surface area contributed by atoms with E-state index in [1.807, 2.05) is 11.4 Å². The third-order valence-electron chi connectivity index (χ3n) is 3.61. The van der Waals surface area contributed by atoms with Crippen molar-refractivity contribution in [2.45, 2.75) is 19.3 Å². The zero-order valence-corrected chi connectivity index (χ0v) is 12.4. The predicted molar refractivity (Wildman–Crippen MR) is 81.4 cm³/mol. The molecule has 1 saturated heterocycles. The molecule has 1 fully saturated rings. The van der Waals surface area contributed by atoms with E-state index < -0.39 is 0 Å². The Morgan fingerprint density at radius 1 is 1.40 bits per heavy atom. The first-order valence-electron chi connectivity index (χ1n) is 6.95. The van der Waals surface area contributed by atoms with Crippen LogP contribution in [0.2, 0.25) is 0 Å². The molecule has 2 aromatic rings. The number of rotatable bonds is 4. The average molecular weight is 289 g/mol. The van der Waals surface area contributed by atoms with E-state index in [1.165, 1.54) is 25.9 Å². The number of anilines is 2. The van der Waals surface area contributed by atoms with Gasteiger partial charge in [0.2, 0.25) is 0 Å². The maximum atomic E-state index is 4.40. The van der Waals surface area contributed by atoms with Crippen molar-refractivity contribution in [3.8, 4) is 0 Å². The van der Waals surface area contributed by atoms with E-state index in [0.717, 1.165) is 23.1 Å². The van der Waals surface area contributed by atoms with Crippen LogP contribution in [0.25, 0.3) is 0 Å². The molecule has 1 aliphatic heterocycles. The van der Waals surface area contributed by atoms with Crippen LogP contribution in [0, 0.1) is 5.92 Å². The van der Waals surface area contributed by atoms with E-state index in [2.05, 4.69) is 32.2 Å². The Hall–Kier alpha value is -1.53. The molecule has 0 saturated carbocycles. The monoisotopic (exact) mass is 289 g/mol. The highest BCUT2D eigenvalue weighted by Gasteiger charge is 2.18. The van der Waals surface area contributed by atoms with Crippen LogP contribution in [0.1, 0.15) is 18.5 Å². The lowest BCUT2D eigenvalue weighted by atomic mass is 9.93. The lowest BCUT2D eigenvalue weighted by Gasteiger charge is -2.29. The normalized spacial score (nSPS) is 19.9. The summed E-state index contributed by atoms with van der Waals surface area (Å²) < 4.78 is 0. The minimum absolute atomic E-state index is 0.705. The summed E-state index contributed by atoms with van der Waals surface area (Å²) in [5, 5.41) is 6.03. The molecular weight excluding hydrogens is 270 g/mol. The minimum atomic E-state index is 0.705. The molecule has 0 aromatic carbocycles. The Kier molecular flexibility index (Phi) is 4.22. The molecule has 1 N–H and O–H groups in total. The number of hydrogen-bond acceptors (Lipinski definition) is 6. The summed E-state index contributed by atoms with van der Waals surface area (Å²) in [6.07, 6.45) is 7.03. The van der Waals surface area contributed by atoms with Crippen molar-refractivity contribution in [3.63, 3.8) is 0 Å². The van der Waals surface area contributed by atoms with Gasteiger partial charge in [0, 0.05) is 29.9 Å². The Morgan fingerprint density at radius 2 is 2.35 bits per heavy atom. The standard InChI is InChI=1S/C14H19N5S/c1-19-5-2-3-11(9-19)7-12-8-13(17-10-16-12)18-14-15-4-6-20-14/h4,6,8,10-11H,2-3,5,7,9H2,1H3,(H,15,16,17,18)/t11-/m1/s1. The van der Waals surface area contributed by atoms with Crippen molar-refractivity contribution in [3.05, 3.63) is 29.7 Å². The van der Waals surface area contributed by atoms with E-state index in [9.17, 15) is 0 Å². The quantitative estimate of drug-likeness (QED) is 0.937. The van der Waals surface area contributed by atoms with Gasteiger partial charge < -0.3 is 10.2 Å². The first-order valence-corrected chi connectivity index (χ1v) is 7.83. The van der Waals surface area contributed by atoms with Crippen LogP contribution in [0.3, 0.4) is 0 Å². The first-order chi connectivity index (χ1) is 9.79. The molecule has 2 aromatic heterocycles. The van der Waals surface area contributed by atoms with E-state index in [0.29, 0.717) is 5.92 Å². The van der Waals surface area contributed by atoms with Crippen molar-refractivity contribution in [2.24, 2.45) is 5.92 Å². The van der Waals surface area contributed by atoms with Gasteiger partial charge in [-0.1, -0.05) is 0 Å². The summed E-state index contributed by atoms with van der Waals surface area (Å²) in [4.78, 5) is 15.3. The molecule has 3 rings (SSSR count). The fourth-order valence-electron chi connectivity index (χ4n) is 2.71. The average Bonchev–Trinajstić information content (AvgIpc) is 2.92. The number of thiazole rings is 1. The van der Waals surface area contributed by atoms with Crippen LogP contribution < -0.4 is 5.32 Å². The molecule has 1 aliphatic rings. The topological polar surface area (TPSA) is 53.9 Å². The largest absolute Gasteiger partial charge is 0.316 e. The molecule has 1 atom stereocenters. The van der Waals surface area contributed by atoms with Gasteiger partial charge in [-0.3, -0.25) is 0 Å². The molecule has 20 heavy (non-hydrogen) atoms. The van der Waals surface area contributed by atoms with E-state index >= 15 is 0 Å². The highest BCUT2D eigenvalue weighted by molar-refractivity contribution is 7.13. The number of nitrogens with one attached hydrogen (secondary N) is 1. The summed E-state index contributed by atoms with van der Waals surface area (Å²) in [5.41, 5.74) is 1.11. The highest BCUT2D eigenvalue weighted by atomic mass is 32.1. The highest BCUT2D eigenvalue weighted by Crippen LogP contribution is 2.21. The van der Waals surface area contributed by atoms with Crippen molar-refractivity contribution < 1.29 is 0 Å². The molecule has 0 radical (unpaired) electrons. The molecule has 0 unspecified atom stereocenters. The maximum Gasteiger partial charge on any atom is 0.188 e. The molecule has 0 amide bonds. The van der Waals surface area contributed by atoms with Gasteiger partial charge in [0.15, 0.2) is 5.13 Å². The number of likely N-dealkylation sites (tertiary alicyclic amines) is 1. The smallest absolute Gasteiger partial charge is 0.188 e. The lowest BCUT2D eigenvalue weighted by molar-refractivity contribution is 0.208. The Morgan fingerprint density at radius 3 is 3.15 bits per heavy atom. The molecule has 106 valence electrons. The van der Waals surface area contributed by atoms with Gasteiger partial charge in [-0.15, -0.1) is 11.3 Å². The number of hydrogen-bond donors (Lipinski definition) is 1. The van der Waals surface area contributed by atoms with Gasteiger partial charge in [0.05, 0.1) is 0 Å². The third-order valence-corrected chi connectivity index (χ3v) is 4.30. The summed E-state index contributed by atoms with van der Waals surface area (Å²) in [6.45, 7) is 2.39. The summed E-state index contributed by atoms with van der Waals surface area (Å²) in [5.74, 6) is 1.53. The Balaban J connectivity index is 1.65. The molecule has 0 aliphatic carbocycles. The van der Waals surface area contributed by atoms with Gasteiger partial charge in [0.1, 0.15) is 12.1 Å². The second-order valence-corrected chi connectivity index (χ2v) is 6.23. The van der Waals surface area contributed by atoms with Crippen LogP contribution in [-0.4, -0.2) is 40.0 Å². The summed E-state index contributed by atoms with van der Waals surface area (Å²) in [6, 6.07) is 2.04.